The van der Waals surface area contributed by atoms with Gasteiger partial charge in [0.2, 0.25) is 0 Å². The Morgan fingerprint density at radius 1 is 1.44 bits per heavy atom. The minimum Gasteiger partial charge on any atom is -0.293 e. The highest BCUT2D eigenvalue weighted by atomic mass is 14.7. The van der Waals surface area contributed by atoms with Crippen LogP contribution in [0.1, 0.15) is 20.8 Å². The van der Waals surface area contributed by atoms with Crippen LogP contribution in [0.25, 0.3) is 0 Å². The first-order chi connectivity index (χ1) is 4.22. The lowest BCUT2D eigenvalue weighted by molar-refractivity contribution is 0.886. The summed E-state index contributed by atoms with van der Waals surface area (Å²) in [5.74, 6) is 0.547. The molecule has 0 aliphatic heterocycles. The van der Waals surface area contributed by atoms with Crippen LogP contribution in [-0.2, 0) is 0 Å². The Bertz CT molecular complexity index is 121. The molecule has 0 aromatic carbocycles. The van der Waals surface area contributed by atoms with Crippen molar-refractivity contribution in [3.8, 4) is 0 Å². The molecule has 0 aliphatic rings. The second kappa shape index (κ2) is 4.30. The van der Waals surface area contributed by atoms with E-state index in [1.807, 2.05) is 26.1 Å². The maximum absolute atomic E-state index is 4.11. The van der Waals surface area contributed by atoms with Gasteiger partial charge in [0.1, 0.15) is 0 Å². The molecule has 1 heteroatoms. The Hall–Kier alpha value is -0.590. The van der Waals surface area contributed by atoms with Gasteiger partial charge < -0.3 is 0 Å². The van der Waals surface area contributed by atoms with Crippen LogP contribution in [0.2, 0.25) is 0 Å². The predicted molar refractivity (Wildman–Crippen MR) is 43.0 cm³/mol. The van der Waals surface area contributed by atoms with Crippen LogP contribution in [0.5, 0.6) is 0 Å². The fourth-order valence-corrected chi connectivity index (χ4v) is 0.696. The highest BCUT2D eigenvalue weighted by Crippen LogP contribution is 1.97. The summed E-state index contributed by atoms with van der Waals surface area (Å²) in [4.78, 5) is 4.11. The maximum atomic E-state index is 4.11. The van der Waals surface area contributed by atoms with Gasteiger partial charge in [0.15, 0.2) is 0 Å². The van der Waals surface area contributed by atoms with E-state index in [1.165, 1.54) is 0 Å². The molecule has 0 fully saturated rings. The standard InChI is InChI=1S/C8H15N/c1-5-6-8(9-4)7(2)3/h5-7H,1-4H3/b6-5-,9-8-. The molecule has 0 saturated carbocycles. The molecule has 52 valence electrons. The van der Waals surface area contributed by atoms with Crippen LogP contribution < -0.4 is 0 Å². The number of nitrogens with zero attached hydrogens (tertiary/aromatic N) is 1. The van der Waals surface area contributed by atoms with Crippen molar-refractivity contribution in [2.24, 2.45) is 10.9 Å². The zero-order valence-corrected chi connectivity index (χ0v) is 6.68. The summed E-state index contributed by atoms with van der Waals surface area (Å²) in [5.41, 5.74) is 1.16. The molecule has 0 bridgehead atoms. The molecule has 0 aliphatic carbocycles. The molecule has 0 aromatic heterocycles. The van der Waals surface area contributed by atoms with Crippen molar-refractivity contribution >= 4 is 5.71 Å². The molecule has 0 spiro atoms. The Balaban J connectivity index is 4.01. The minimum absolute atomic E-state index is 0.547. The van der Waals surface area contributed by atoms with Gasteiger partial charge in [-0.3, -0.25) is 4.99 Å². The topological polar surface area (TPSA) is 12.4 Å². The van der Waals surface area contributed by atoms with Crippen molar-refractivity contribution in [2.45, 2.75) is 20.8 Å². The molecule has 0 rings (SSSR count). The second-order valence-electron chi connectivity index (χ2n) is 2.30. The third kappa shape index (κ3) is 3.07. The van der Waals surface area contributed by atoms with Crippen molar-refractivity contribution < 1.29 is 0 Å². The highest BCUT2D eigenvalue weighted by molar-refractivity contribution is 5.96. The Morgan fingerprint density at radius 3 is 2.11 bits per heavy atom. The number of hydrogen-bond acceptors (Lipinski definition) is 1. The second-order valence-corrected chi connectivity index (χ2v) is 2.30. The molecule has 0 amide bonds. The lowest BCUT2D eigenvalue weighted by Gasteiger charge is -2.01. The molecular weight excluding hydrogens is 110 g/mol. The summed E-state index contributed by atoms with van der Waals surface area (Å²) >= 11 is 0. The smallest absolute Gasteiger partial charge is 0.0366 e. The van der Waals surface area contributed by atoms with Gasteiger partial charge >= 0.3 is 0 Å². The molecular formula is C8H15N. The van der Waals surface area contributed by atoms with Gasteiger partial charge in [-0.2, -0.15) is 0 Å². The highest BCUT2D eigenvalue weighted by Gasteiger charge is 1.96. The molecule has 9 heavy (non-hydrogen) atoms. The van der Waals surface area contributed by atoms with Gasteiger partial charge in [-0.25, -0.2) is 0 Å². The van der Waals surface area contributed by atoms with E-state index in [-0.39, 0.29) is 0 Å². The molecule has 0 heterocycles. The van der Waals surface area contributed by atoms with Gasteiger partial charge in [0.25, 0.3) is 0 Å². The molecule has 0 N–H and O–H groups in total. The minimum atomic E-state index is 0.547. The first kappa shape index (κ1) is 8.41. The molecule has 0 atom stereocenters. The zero-order valence-electron chi connectivity index (χ0n) is 6.68. The van der Waals surface area contributed by atoms with Gasteiger partial charge in [-0.15, -0.1) is 0 Å². The molecule has 1 nitrogen and oxygen atoms in total. The summed E-state index contributed by atoms with van der Waals surface area (Å²) in [5, 5.41) is 0. The van der Waals surface area contributed by atoms with Gasteiger partial charge in [-0.05, 0) is 18.9 Å². The van der Waals surface area contributed by atoms with E-state index in [1.54, 1.807) is 0 Å². The fraction of sp³-hybridized carbons (Fsp3) is 0.625. The zero-order chi connectivity index (χ0) is 7.28. The van der Waals surface area contributed by atoms with Crippen molar-refractivity contribution in [1.29, 1.82) is 0 Å². The van der Waals surface area contributed by atoms with Crippen molar-refractivity contribution in [1.82, 2.24) is 0 Å². The van der Waals surface area contributed by atoms with Crippen LogP contribution in [0.4, 0.5) is 0 Å². The summed E-state index contributed by atoms with van der Waals surface area (Å²) in [7, 11) is 1.83. The number of allylic oxidation sites excluding steroid dienone is 2. The van der Waals surface area contributed by atoms with Crippen molar-refractivity contribution in [3.05, 3.63) is 12.2 Å². The van der Waals surface area contributed by atoms with E-state index >= 15 is 0 Å². The first-order valence-corrected chi connectivity index (χ1v) is 3.31. The maximum Gasteiger partial charge on any atom is 0.0366 e. The molecule has 0 unspecified atom stereocenters. The van der Waals surface area contributed by atoms with Gasteiger partial charge in [0, 0.05) is 12.8 Å². The van der Waals surface area contributed by atoms with Crippen LogP contribution in [0, 0.1) is 5.92 Å². The van der Waals surface area contributed by atoms with E-state index in [0.717, 1.165) is 5.71 Å². The van der Waals surface area contributed by atoms with Crippen molar-refractivity contribution in [3.63, 3.8) is 0 Å². The summed E-state index contributed by atoms with van der Waals surface area (Å²) < 4.78 is 0. The van der Waals surface area contributed by atoms with E-state index in [2.05, 4.69) is 18.8 Å². The van der Waals surface area contributed by atoms with Crippen LogP contribution in [-0.4, -0.2) is 12.8 Å². The largest absolute Gasteiger partial charge is 0.293 e. The summed E-state index contributed by atoms with van der Waals surface area (Å²) in [6, 6.07) is 0. The summed E-state index contributed by atoms with van der Waals surface area (Å²) in [6.45, 7) is 6.29. The fourth-order valence-electron chi connectivity index (χ4n) is 0.696. The monoisotopic (exact) mass is 125 g/mol. The Morgan fingerprint density at radius 2 is 2.00 bits per heavy atom. The predicted octanol–water partition coefficient (Wildman–Crippen LogP) is 2.29. The lowest BCUT2D eigenvalue weighted by Crippen LogP contribution is -2.02. The quantitative estimate of drug-likeness (QED) is 0.502. The van der Waals surface area contributed by atoms with Gasteiger partial charge in [0.05, 0.1) is 0 Å². The average Bonchev–Trinajstić information content (AvgIpc) is 1.82. The van der Waals surface area contributed by atoms with Crippen LogP contribution in [0.15, 0.2) is 17.1 Å². The molecule has 0 radical (unpaired) electrons. The van der Waals surface area contributed by atoms with E-state index in [0.29, 0.717) is 5.92 Å². The number of hydrogen-bond donors (Lipinski definition) is 0. The number of aliphatic imine (C=N–C) groups is 1. The first-order valence-electron chi connectivity index (χ1n) is 3.31. The number of rotatable bonds is 2. The van der Waals surface area contributed by atoms with E-state index in [4.69, 9.17) is 0 Å². The third-order valence-electron chi connectivity index (χ3n) is 1.19. The van der Waals surface area contributed by atoms with E-state index < -0.39 is 0 Å². The average molecular weight is 125 g/mol. The van der Waals surface area contributed by atoms with E-state index in [9.17, 15) is 0 Å². The third-order valence-corrected chi connectivity index (χ3v) is 1.19. The van der Waals surface area contributed by atoms with Gasteiger partial charge in [-0.1, -0.05) is 19.9 Å². The van der Waals surface area contributed by atoms with Crippen LogP contribution >= 0.6 is 0 Å². The molecule has 0 aromatic rings. The Kier molecular flexibility index (Phi) is 4.02. The molecule has 0 saturated heterocycles. The Labute approximate surface area is 57.5 Å². The SMILES string of the molecule is C/C=C\C(=N\C)C(C)C. The lowest BCUT2D eigenvalue weighted by atomic mass is 10.1. The summed E-state index contributed by atoms with van der Waals surface area (Å²) in [6.07, 6.45) is 4.06. The normalized spacial score (nSPS) is 13.7. The van der Waals surface area contributed by atoms with Crippen LogP contribution in [0.3, 0.4) is 0 Å². The van der Waals surface area contributed by atoms with Crippen molar-refractivity contribution in [2.75, 3.05) is 7.05 Å².